The Kier molecular flexibility index (Phi) is 4.76. The van der Waals surface area contributed by atoms with Gasteiger partial charge in [-0.15, -0.1) is 0 Å². The molecule has 2 aromatic heterocycles. The molecule has 4 aromatic rings. The van der Waals surface area contributed by atoms with Crippen LogP contribution < -0.4 is 5.32 Å². The molecule has 2 heterocycles. The molecule has 0 bridgehead atoms. The average molecular weight is 372 g/mol. The molecule has 2 aromatic carbocycles. The van der Waals surface area contributed by atoms with Crippen molar-refractivity contribution in [3.8, 4) is 17.0 Å². The minimum atomic E-state index is -0.172. The Bertz CT molecular complexity index is 1110. The summed E-state index contributed by atoms with van der Waals surface area (Å²) in [6.07, 6.45) is 3.70. The fourth-order valence-electron chi connectivity index (χ4n) is 3.00. The minimum Gasteiger partial charge on any atom is -0.356 e. The summed E-state index contributed by atoms with van der Waals surface area (Å²) in [5.74, 6) is 0.551. The quantitative estimate of drug-likeness (QED) is 0.573. The molecule has 4 rings (SSSR count). The van der Waals surface area contributed by atoms with Crippen molar-refractivity contribution in [1.29, 1.82) is 0 Å². The Labute approximate surface area is 162 Å². The van der Waals surface area contributed by atoms with Crippen molar-refractivity contribution >= 4 is 5.91 Å². The van der Waals surface area contributed by atoms with E-state index in [0.29, 0.717) is 17.8 Å². The number of benzene rings is 2. The summed E-state index contributed by atoms with van der Waals surface area (Å²) < 4.78 is 7.24. The van der Waals surface area contributed by atoms with Crippen LogP contribution in [0.3, 0.4) is 0 Å². The maximum absolute atomic E-state index is 12.6. The van der Waals surface area contributed by atoms with Crippen molar-refractivity contribution in [1.82, 2.24) is 20.3 Å². The number of carbonyl (C=O) groups excluding carboxylic acids is 1. The molecule has 0 aliphatic carbocycles. The molecule has 0 saturated carbocycles. The Morgan fingerprint density at radius 3 is 2.68 bits per heavy atom. The lowest BCUT2D eigenvalue weighted by atomic mass is 10.1. The number of rotatable bonds is 5. The van der Waals surface area contributed by atoms with Crippen molar-refractivity contribution in [3.05, 3.63) is 89.4 Å². The van der Waals surface area contributed by atoms with E-state index in [0.717, 1.165) is 28.1 Å². The van der Waals surface area contributed by atoms with Gasteiger partial charge in [0.05, 0.1) is 18.4 Å². The van der Waals surface area contributed by atoms with Crippen LogP contribution in [0.5, 0.6) is 0 Å². The number of hydrogen-bond acceptors (Lipinski definition) is 4. The van der Waals surface area contributed by atoms with Gasteiger partial charge in [-0.1, -0.05) is 41.6 Å². The van der Waals surface area contributed by atoms with E-state index in [-0.39, 0.29) is 5.91 Å². The van der Waals surface area contributed by atoms with E-state index < -0.39 is 0 Å². The van der Waals surface area contributed by atoms with Crippen LogP contribution >= 0.6 is 0 Å². The topological polar surface area (TPSA) is 73.0 Å². The van der Waals surface area contributed by atoms with Crippen LogP contribution in [-0.2, 0) is 6.54 Å². The fraction of sp³-hybridized carbons (Fsp3) is 0.136. The molecule has 0 atom stereocenters. The maximum Gasteiger partial charge on any atom is 0.251 e. The van der Waals surface area contributed by atoms with Gasteiger partial charge in [0.1, 0.15) is 5.69 Å². The van der Waals surface area contributed by atoms with Gasteiger partial charge in [-0.3, -0.25) is 4.79 Å². The predicted molar refractivity (Wildman–Crippen MR) is 106 cm³/mol. The van der Waals surface area contributed by atoms with Crippen molar-refractivity contribution in [2.24, 2.45) is 0 Å². The van der Waals surface area contributed by atoms with Gasteiger partial charge in [0.15, 0.2) is 5.76 Å². The van der Waals surface area contributed by atoms with Crippen LogP contribution in [0.4, 0.5) is 0 Å². The van der Waals surface area contributed by atoms with Crippen molar-refractivity contribution < 1.29 is 9.32 Å². The molecule has 0 spiro atoms. The van der Waals surface area contributed by atoms with Crippen molar-refractivity contribution in [3.63, 3.8) is 0 Å². The molecule has 6 nitrogen and oxygen atoms in total. The van der Waals surface area contributed by atoms with Gasteiger partial charge in [-0.05, 0) is 37.6 Å². The van der Waals surface area contributed by atoms with E-state index in [9.17, 15) is 4.79 Å². The lowest BCUT2D eigenvalue weighted by Gasteiger charge is -2.06. The van der Waals surface area contributed by atoms with Crippen LogP contribution in [-0.4, -0.2) is 20.8 Å². The second kappa shape index (κ2) is 7.52. The van der Waals surface area contributed by atoms with Crippen molar-refractivity contribution in [2.75, 3.05) is 0 Å². The predicted octanol–water partition coefficient (Wildman–Crippen LogP) is 4.07. The van der Waals surface area contributed by atoms with Gasteiger partial charge in [0, 0.05) is 22.9 Å². The van der Waals surface area contributed by atoms with Gasteiger partial charge in [0.2, 0.25) is 0 Å². The Balaban J connectivity index is 1.47. The van der Waals surface area contributed by atoms with Gasteiger partial charge >= 0.3 is 0 Å². The smallest absolute Gasteiger partial charge is 0.251 e. The molecule has 140 valence electrons. The normalized spacial score (nSPS) is 10.8. The summed E-state index contributed by atoms with van der Waals surface area (Å²) in [6.45, 7) is 4.22. The highest BCUT2D eigenvalue weighted by Crippen LogP contribution is 2.25. The Hall–Kier alpha value is -3.67. The van der Waals surface area contributed by atoms with Crippen LogP contribution in [0.25, 0.3) is 17.0 Å². The molecule has 0 aliphatic heterocycles. The SMILES string of the molecule is Cc1cnn(-c2cccc(C(=O)NCc3noc(-c4ccccc4)c3C)c2)c1. The van der Waals surface area contributed by atoms with Gasteiger partial charge < -0.3 is 9.84 Å². The third-order valence-corrected chi connectivity index (χ3v) is 4.56. The van der Waals surface area contributed by atoms with E-state index >= 15 is 0 Å². The van der Waals surface area contributed by atoms with Crippen LogP contribution in [0.15, 0.2) is 71.5 Å². The van der Waals surface area contributed by atoms with E-state index in [1.54, 1.807) is 16.9 Å². The highest BCUT2D eigenvalue weighted by molar-refractivity contribution is 5.94. The summed E-state index contributed by atoms with van der Waals surface area (Å²) in [5.41, 5.74) is 5.07. The first-order valence-corrected chi connectivity index (χ1v) is 9.02. The number of nitrogens with zero attached hydrogens (tertiary/aromatic N) is 3. The van der Waals surface area contributed by atoms with Gasteiger partial charge in [-0.2, -0.15) is 5.10 Å². The highest BCUT2D eigenvalue weighted by atomic mass is 16.5. The lowest BCUT2D eigenvalue weighted by Crippen LogP contribution is -2.23. The van der Waals surface area contributed by atoms with E-state index in [4.69, 9.17) is 4.52 Å². The zero-order valence-corrected chi connectivity index (χ0v) is 15.7. The molecule has 0 radical (unpaired) electrons. The molecule has 0 fully saturated rings. The summed E-state index contributed by atoms with van der Waals surface area (Å²) in [4.78, 5) is 12.6. The van der Waals surface area contributed by atoms with Crippen LogP contribution in [0.2, 0.25) is 0 Å². The second-order valence-electron chi connectivity index (χ2n) is 6.64. The summed E-state index contributed by atoms with van der Waals surface area (Å²) in [7, 11) is 0. The number of carbonyl (C=O) groups is 1. The standard InChI is InChI=1S/C22H20N4O2/c1-15-12-24-26(14-15)19-10-6-9-18(11-19)22(27)23-13-20-16(2)21(28-25-20)17-7-4-3-5-8-17/h3-12,14H,13H2,1-2H3,(H,23,27). The Morgan fingerprint density at radius 1 is 1.11 bits per heavy atom. The number of nitrogens with one attached hydrogen (secondary N) is 1. The highest BCUT2D eigenvalue weighted by Gasteiger charge is 2.15. The molecule has 0 unspecified atom stereocenters. The first-order chi connectivity index (χ1) is 13.6. The maximum atomic E-state index is 12.6. The molecule has 28 heavy (non-hydrogen) atoms. The van der Waals surface area contributed by atoms with Gasteiger partial charge in [0.25, 0.3) is 5.91 Å². The number of aromatic nitrogens is 3. The lowest BCUT2D eigenvalue weighted by molar-refractivity contribution is 0.0950. The average Bonchev–Trinajstić information content (AvgIpc) is 3.32. The van der Waals surface area contributed by atoms with Gasteiger partial charge in [-0.25, -0.2) is 4.68 Å². The zero-order chi connectivity index (χ0) is 19.5. The fourth-order valence-corrected chi connectivity index (χ4v) is 3.00. The van der Waals surface area contributed by atoms with Crippen LogP contribution in [0, 0.1) is 13.8 Å². The molecule has 1 amide bonds. The minimum absolute atomic E-state index is 0.172. The number of aryl methyl sites for hydroxylation is 1. The molecular weight excluding hydrogens is 352 g/mol. The monoisotopic (exact) mass is 372 g/mol. The number of amides is 1. The summed E-state index contributed by atoms with van der Waals surface area (Å²) >= 11 is 0. The zero-order valence-electron chi connectivity index (χ0n) is 15.7. The van der Waals surface area contributed by atoms with Crippen molar-refractivity contribution in [2.45, 2.75) is 20.4 Å². The van der Waals surface area contributed by atoms with Crippen LogP contribution in [0.1, 0.15) is 27.2 Å². The molecule has 0 aliphatic rings. The molecular formula is C22H20N4O2. The third-order valence-electron chi connectivity index (χ3n) is 4.56. The molecule has 6 heteroatoms. The largest absolute Gasteiger partial charge is 0.356 e. The van der Waals surface area contributed by atoms with E-state index in [1.807, 2.05) is 68.6 Å². The second-order valence-corrected chi connectivity index (χ2v) is 6.64. The number of hydrogen-bond donors (Lipinski definition) is 1. The third kappa shape index (κ3) is 3.57. The summed E-state index contributed by atoms with van der Waals surface area (Å²) in [6, 6.07) is 17.1. The molecule has 0 saturated heterocycles. The first-order valence-electron chi connectivity index (χ1n) is 9.02. The summed E-state index contributed by atoms with van der Waals surface area (Å²) in [5, 5.41) is 11.3. The Morgan fingerprint density at radius 2 is 1.93 bits per heavy atom. The van der Waals surface area contributed by atoms with E-state index in [2.05, 4.69) is 15.6 Å². The first kappa shape index (κ1) is 17.7. The molecule has 1 N–H and O–H groups in total. The van der Waals surface area contributed by atoms with E-state index in [1.165, 1.54) is 0 Å².